The van der Waals surface area contributed by atoms with Crippen molar-refractivity contribution in [3.63, 3.8) is 0 Å². The number of hydrogen-bond donors (Lipinski definition) is 2. The van der Waals surface area contributed by atoms with Crippen molar-refractivity contribution in [2.45, 2.75) is 11.9 Å². The lowest BCUT2D eigenvalue weighted by atomic mass is 10.1. The molecule has 7 heteroatoms. The summed E-state index contributed by atoms with van der Waals surface area (Å²) in [5.41, 5.74) is -3.51. The Morgan fingerprint density at radius 1 is 1.33 bits per heavy atom. The summed E-state index contributed by atoms with van der Waals surface area (Å²) in [5, 5.41) is 11.1. The van der Waals surface area contributed by atoms with Crippen LogP contribution >= 0.6 is 11.8 Å². The first kappa shape index (κ1) is 17.4. The van der Waals surface area contributed by atoms with Gasteiger partial charge in [0.1, 0.15) is 0 Å². The fraction of sp³-hybridized carbons (Fsp3) is 0.357. The highest BCUT2D eigenvalue weighted by Crippen LogP contribution is 2.29. The summed E-state index contributed by atoms with van der Waals surface area (Å²) < 4.78 is 35.9. The summed E-state index contributed by atoms with van der Waals surface area (Å²) in [6, 6.07) is 6.55. The molecule has 0 unspecified atom stereocenters. The van der Waals surface area contributed by atoms with Crippen LogP contribution < -0.4 is 5.32 Å². The number of nitrogens with one attached hydrogen (secondary N) is 1. The van der Waals surface area contributed by atoms with Crippen LogP contribution in [-0.2, 0) is 0 Å². The van der Waals surface area contributed by atoms with Crippen LogP contribution in [0.4, 0.5) is 13.2 Å². The van der Waals surface area contributed by atoms with Gasteiger partial charge in [-0.25, -0.2) is 0 Å². The van der Waals surface area contributed by atoms with Crippen molar-refractivity contribution in [3.8, 4) is 11.8 Å². The highest BCUT2D eigenvalue weighted by Gasteiger charge is 2.27. The van der Waals surface area contributed by atoms with Gasteiger partial charge in [-0.1, -0.05) is 24.0 Å². The Morgan fingerprint density at radius 3 is 2.71 bits per heavy atom. The van der Waals surface area contributed by atoms with Gasteiger partial charge < -0.3 is 10.4 Å². The van der Waals surface area contributed by atoms with Crippen LogP contribution in [0.2, 0.25) is 0 Å². The predicted molar refractivity (Wildman–Crippen MR) is 75.9 cm³/mol. The van der Waals surface area contributed by atoms with Crippen molar-refractivity contribution < 1.29 is 23.1 Å². The summed E-state index contributed by atoms with van der Waals surface area (Å²) in [5.74, 6) is 4.75. The predicted octanol–water partition coefficient (Wildman–Crippen LogP) is 2.40. The number of benzene rings is 1. The third-order valence-corrected chi connectivity index (χ3v) is 3.02. The van der Waals surface area contributed by atoms with E-state index in [4.69, 9.17) is 5.11 Å². The fourth-order valence-electron chi connectivity index (χ4n) is 1.43. The second-order valence-electron chi connectivity index (χ2n) is 3.87. The van der Waals surface area contributed by atoms with E-state index in [-0.39, 0.29) is 37.1 Å². The normalized spacial score (nSPS) is 10.7. The average Bonchev–Trinajstić information content (AvgIpc) is 2.43. The van der Waals surface area contributed by atoms with Crippen LogP contribution in [0.15, 0.2) is 24.3 Å². The largest absolute Gasteiger partial charge is 0.441 e. The summed E-state index contributed by atoms with van der Waals surface area (Å²) in [6.45, 7) is -0.155. The molecular formula is C14H14F3NO2S. The first-order valence-electron chi connectivity index (χ1n) is 6.11. The number of thioether (sulfide) groups is 1. The zero-order valence-electron chi connectivity index (χ0n) is 11.0. The van der Waals surface area contributed by atoms with Gasteiger partial charge in [-0.05, 0) is 23.9 Å². The smallest absolute Gasteiger partial charge is 0.395 e. The molecule has 0 bridgehead atoms. The highest BCUT2D eigenvalue weighted by atomic mass is 32.2. The Morgan fingerprint density at radius 2 is 2.05 bits per heavy atom. The summed E-state index contributed by atoms with van der Waals surface area (Å²) >= 11 is -0.179. The molecule has 0 saturated carbocycles. The molecule has 0 saturated heterocycles. The van der Waals surface area contributed by atoms with E-state index in [1.807, 2.05) is 0 Å². The number of amides is 1. The van der Waals surface area contributed by atoms with E-state index in [2.05, 4.69) is 17.2 Å². The zero-order chi connectivity index (χ0) is 15.7. The second-order valence-corrected chi connectivity index (χ2v) is 5.03. The van der Waals surface area contributed by atoms with Crippen LogP contribution in [0.25, 0.3) is 0 Å². The maximum Gasteiger partial charge on any atom is 0.441 e. The van der Waals surface area contributed by atoms with E-state index < -0.39 is 11.4 Å². The number of carbonyl (C=O) groups is 1. The third-order valence-electron chi connectivity index (χ3n) is 2.28. The molecule has 3 nitrogen and oxygen atoms in total. The van der Waals surface area contributed by atoms with Gasteiger partial charge in [0.15, 0.2) is 0 Å². The number of carbonyl (C=O) groups excluding carboxylic acids is 1. The van der Waals surface area contributed by atoms with Crippen molar-refractivity contribution >= 4 is 17.7 Å². The lowest BCUT2D eigenvalue weighted by molar-refractivity contribution is -0.0327. The van der Waals surface area contributed by atoms with Crippen LogP contribution in [-0.4, -0.2) is 35.4 Å². The highest BCUT2D eigenvalue weighted by molar-refractivity contribution is 8.00. The minimum absolute atomic E-state index is 0.0734. The molecule has 0 aliphatic heterocycles. The maximum atomic E-state index is 12.0. The first-order chi connectivity index (χ1) is 9.94. The molecule has 0 aromatic heterocycles. The molecule has 1 amide bonds. The number of hydrogen-bond acceptors (Lipinski definition) is 3. The molecule has 1 aromatic rings. The molecule has 0 radical (unpaired) electrons. The van der Waals surface area contributed by atoms with Crippen molar-refractivity contribution in [2.75, 3.05) is 18.9 Å². The van der Waals surface area contributed by atoms with E-state index >= 15 is 0 Å². The lowest BCUT2D eigenvalue weighted by Crippen LogP contribution is -2.27. The Labute approximate surface area is 124 Å². The van der Waals surface area contributed by atoms with E-state index in [0.29, 0.717) is 11.1 Å². The maximum absolute atomic E-state index is 12.0. The summed E-state index contributed by atoms with van der Waals surface area (Å²) in [7, 11) is 0. The standard InChI is InChI=1S/C14H14F3NO2S/c15-14(16,17)21-10-8-18-13(20)12-7-2-1-5-11(12)6-3-4-9-19/h1-2,5,7,19H,4,8-10H2,(H,18,20). The van der Waals surface area contributed by atoms with Crippen LogP contribution in [0, 0.1) is 11.8 Å². The third kappa shape index (κ3) is 7.06. The van der Waals surface area contributed by atoms with E-state index in [1.54, 1.807) is 24.3 Å². The molecule has 0 aliphatic carbocycles. The van der Waals surface area contributed by atoms with Gasteiger partial charge in [0.05, 0.1) is 12.2 Å². The molecular weight excluding hydrogens is 303 g/mol. The molecule has 0 heterocycles. The zero-order valence-corrected chi connectivity index (χ0v) is 11.9. The van der Waals surface area contributed by atoms with Gasteiger partial charge in [0.25, 0.3) is 5.91 Å². The molecule has 21 heavy (non-hydrogen) atoms. The second kappa shape index (κ2) is 8.60. The number of alkyl halides is 3. The minimum Gasteiger partial charge on any atom is -0.395 e. The molecule has 1 rings (SSSR count). The van der Waals surface area contributed by atoms with Crippen LogP contribution in [0.1, 0.15) is 22.3 Å². The van der Waals surface area contributed by atoms with Gasteiger partial charge in [0, 0.05) is 24.3 Å². The van der Waals surface area contributed by atoms with Crippen molar-refractivity contribution in [3.05, 3.63) is 35.4 Å². The van der Waals surface area contributed by atoms with E-state index in [1.165, 1.54) is 0 Å². The molecule has 0 spiro atoms. The molecule has 2 N–H and O–H groups in total. The number of rotatable bonds is 5. The molecule has 0 aliphatic rings. The van der Waals surface area contributed by atoms with E-state index in [9.17, 15) is 18.0 Å². The molecule has 0 atom stereocenters. The first-order valence-corrected chi connectivity index (χ1v) is 7.10. The SMILES string of the molecule is O=C(NCCSC(F)(F)F)c1ccccc1C#CCCO. The average molecular weight is 317 g/mol. The molecule has 114 valence electrons. The van der Waals surface area contributed by atoms with Crippen molar-refractivity contribution in [1.29, 1.82) is 0 Å². The Bertz CT molecular complexity index is 535. The Hall–Kier alpha value is -1.65. The van der Waals surface area contributed by atoms with Gasteiger partial charge >= 0.3 is 5.51 Å². The van der Waals surface area contributed by atoms with Crippen LogP contribution in [0.5, 0.6) is 0 Å². The Balaban J connectivity index is 2.60. The van der Waals surface area contributed by atoms with Crippen molar-refractivity contribution in [2.24, 2.45) is 0 Å². The lowest BCUT2D eigenvalue weighted by Gasteiger charge is -2.08. The van der Waals surface area contributed by atoms with E-state index in [0.717, 1.165) is 0 Å². The van der Waals surface area contributed by atoms with Gasteiger partial charge in [-0.3, -0.25) is 4.79 Å². The van der Waals surface area contributed by atoms with Gasteiger partial charge in [0.2, 0.25) is 0 Å². The van der Waals surface area contributed by atoms with Crippen molar-refractivity contribution in [1.82, 2.24) is 5.32 Å². The molecule has 1 aromatic carbocycles. The summed E-state index contributed by atoms with van der Waals surface area (Å²) in [6.07, 6.45) is 0.290. The monoisotopic (exact) mass is 317 g/mol. The number of halogens is 3. The summed E-state index contributed by atoms with van der Waals surface area (Å²) in [4.78, 5) is 11.9. The Kier molecular flexibility index (Phi) is 7.12. The number of aliphatic hydroxyl groups excluding tert-OH is 1. The fourth-order valence-corrected chi connectivity index (χ4v) is 1.87. The molecule has 0 fully saturated rings. The van der Waals surface area contributed by atoms with Crippen LogP contribution in [0.3, 0.4) is 0 Å². The quantitative estimate of drug-likeness (QED) is 0.648. The topological polar surface area (TPSA) is 49.3 Å². The number of aliphatic hydroxyl groups is 1. The van der Waals surface area contributed by atoms with Gasteiger partial charge in [-0.15, -0.1) is 0 Å². The minimum atomic E-state index is -4.29. The van der Waals surface area contributed by atoms with Gasteiger partial charge in [-0.2, -0.15) is 13.2 Å².